The van der Waals surface area contributed by atoms with E-state index < -0.39 is 5.82 Å². The third-order valence-corrected chi connectivity index (χ3v) is 3.15. The Labute approximate surface area is 121 Å². The molecule has 0 aliphatic carbocycles. The van der Waals surface area contributed by atoms with Crippen molar-refractivity contribution in [3.05, 3.63) is 64.4 Å². The molecule has 0 atom stereocenters. The van der Waals surface area contributed by atoms with Gasteiger partial charge in [-0.2, -0.15) is 0 Å². The number of aliphatic hydroxyl groups excluding tert-OH is 1. The number of amides is 1. The van der Waals surface area contributed by atoms with Gasteiger partial charge in [-0.25, -0.2) is 4.39 Å². The molecule has 0 heterocycles. The van der Waals surface area contributed by atoms with E-state index in [1.807, 2.05) is 0 Å². The lowest BCUT2D eigenvalue weighted by atomic mass is 10.1. The molecule has 0 saturated carbocycles. The van der Waals surface area contributed by atoms with Crippen molar-refractivity contribution in [2.45, 2.75) is 13.0 Å². The SMILES string of the molecule is O=C(Cc1c(F)cccc1Cl)Nc1cccc(CO)c1. The second kappa shape index (κ2) is 6.50. The Morgan fingerprint density at radius 1 is 1.25 bits per heavy atom. The van der Waals surface area contributed by atoms with E-state index in [1.54, 1.807) is 30.3 Å². The fourth-order valence-corrected chi connectivity index (χ4v) is 2.04. The zero-order chi connectivity index (χ0) is 14.5. The van der Waals surface area contributed by atoms with Gasteiger partial charge in [-0.1, -0.05) is 29.8 Å². The molecular formula is C15H13ClFNO2. The van der Waals surface area contributed by atoms with E-state index in [0.717, 1.165) is 0 Å². The third kappa shape index (κ3) is 3.56. The van der Waals surface area contributed by atoms with Crippen LogP contribution in [0.15, 0.2) is 42.5 Å². The summed E-state index contributed by atoms with van der Waals surface area (Å²) in [5.41, 5.74) is 1.41. The molecule has 20 heavy (non-hydrogen) atoms. The Hall–Kier alpha value is -1.91. The highest BCUT2D eigenvalue weighted by Crippen LogP contribution is 2.20. The first-order chi connectivity index (χ1) is 9.60. The largest absolute Gasteiger partial charge is 0.392 e. The first kappa shape index (κ1) is 14.5. The summed E-state index contributed by atoms with van der Waals surface area (Å²) in [5.74, 6) is -0.871. The lowest BCUT2D eigenvalue weighted by molar-refractivity contribution is -0.115. The second-order valence-electron chi connectivity index (χ2n) is 4.28. The van der Waals surface area contributed by atoms with E-state index in [1.165, 1.54) is 12.1 Å². The molecule has 2 aromatic rings. The normalized spacial score (nSPS) is 10.3. The molecule has 2 rings (SSSR count). The van der Waals surface area contributed by atoms with Gasteiger partial charge >= 0.3 is 0 Å². The zero-order valence-corrected chi connectivity index (χ0v) is 11.3. The van der Waals surface area contributed by atoms with Crippen molar-refractivity contribution >= 4 is 23.2 Å². The van der Waals surface area contributed by atoms with Crippen molar-refractivity contribution in [2.75, 3.05) is 5.32 Å². The lowest BCUT2D eigenvalue weighted by Gasteiger charge is -2.08. The summed E-state index contributed by atoms with van der Waals surface area (Å²) in [5, 5.41) is 11.9. The smallest absolute Gasteiger partial charge is 0.228 e. The van der Waals surface area contributed by atoms with Crippen LogP contribution < -0.4 is 5.32 Å². The minimum absolute atomic E-state index is 0.108. The van der Waals surface area contributed by atoms with E-state index in [0.29, 0.717) is 11.3 Å². The fourth-order valence-electron chi connectivity index (χ4n) is 1.81. The molecule has 2 N–H and O–H groups in total. The molecule has 0 bridgehead atoms. The maximum absolute atomic E-state index is 13.6. The van der Waals surface area contributed by atoms with Gasteiger partial charge < -0.3 is 10.4 Å². The van der Waals surface area contributed by atoms with Crippen molar-refractivity contribution in [1.82, 2.24) is 0 Å². The van der Waals surface area contributed by atoms with Crippen LogP contribution in [0.25, 0.3) is 0 Å². The van der Waals surface area contributed by atoms with Gasteiger partial charge in [0, 0.05) is 16.3 Å². The van der Waals surface area contributed by atoms with Gasteiger partial charge in [0.1, 0.15) is 5.82 Å². The standard InChI is InChI=1S/C15H13ClFNO2/c16-13-5-2-6-14(17)12(13)8-15(20)18-11-4-1-3-10(7-11)9-19/h1-7,19H,8-9H2,(H,18,20). The molecule has 0 unspecified atom stereocenters. The van der Waals surface area contributed by atoms with Crippen LogP contribution >= 0.6 is 11.6 Å². The first-order valence-corrected chi connectivity index (χ1v) is 6.40. The van der Waals surface area contributed by atoms with Crippen LogP contribution in [0.4, 0.5) is 10.1 Å². The number of anilines is 1. The monoisotopic (exact) mass is 293 g/mol. The molecule has 0 aliphatic heterocycles. The molecule has 104 valence electrons. The van der Waals surface area contributed by atoms with Crippen molar-refractivity contribution in [3.63, 3.8) is 0 Å². The Kier molecular flexibility index (Phi) is 4.71. The molecule has 0 spiro atoms. The summed E-state index contributed by atoms with van der Waals surface area (Å²) in [6.45, 7) is -0.108. The number of hydrogen-bond donors (Lipinski definition) is 2. The minimum Gasteiger partial charge on any atom is -0.392 e. The predicted molar refractivity (Wildman–Crippen MR) is 76.1 cm³/mol. The van der Waals surface area contributed by atoms with Crippen LogP contribution in [0.1, 0.15) is 11.1 Å². The summed E-state index contributed by atoms with van der Waals surface area (Å²) in [6, 6.07) is 11.1. The zero-order valence-electron chi connectivity index (χ0n) is 10.6. The fraction of sp³-hybridized carbons (Fsp3) is 0.133. The molecule has 0 aliphatic rings. The molecule has 0 fully saturated rings. The minimum atomic E-state index is -0.503. The van der Waals surface area contributed by atoms with Crippen molar-refractivity contribution < 1.29 is 14.3 Å². The van der Waals surface area contributed by atoms with Crippen LogP contribution in [0.2, 0.25) is 5.02 Å². The van der Waals surface area contributed by atoms with Crippen LogP contribution in [-0.2, 0) is 17.8 Å². The highest BCUT2D eigenvalue weighted by Gasteiger charge is 2.12. The number of carbonyl (C=O) groups excluding carboxylic acids is 1. The number of aliphatic hydroxyl groups is 1. The number of benzene rings is 2. The average molecular weight is 294 g/mol. The van der Waals surface area contributed by atoms with Gasteiger partial charge in [-0.3, -0.25) is 4.79 Å². The molecule has 0 aromatic heterocycles. The van der Waals surface area contributed by atoms with E-state index in [9.17, 15) is 9.18 Å². The first-order valence-electron chi connectivity index (χ1n) is 6.02. The second-order valence-corrected chi connectivity index (χ2v) is 4.69. The van der Waals surface area contributed by atoms with Gasteiger partial charge in [0.2, 0.25) is 5.91 Å². The summed E-state index contributed by atoms with van der Waals surface area (Å²) < 4.78 is 13.6. The number of carbonyl (C=O) groups is 1. The Bertz CT molecular complexity index is 611. The Morgan fingerprint density at radius 2 is 2.00 bits per heavy atom. The highest BCUT2D eigenvalue weighted by molar-refractivity contribution is 6.31. The summed E-state index contributed by atoms with van der Waals surface area (Å²) in [7, 11) is 0. The number of rotatable bonds is 4. The molecule has 0 radical (unpaired) electrons. The maximum atomic E-state index is 13.6. The number of hydrogen-bond acceptors (Lipinski definition) is 2. The summed E-state index contributed by atoms with van der Waals surface area (Å²) in [4.78, 5) is 11.9. The average Bonchev–Trinajstić information content (AvgIpc) is 2.43. The predicted octanol–water partition coefficient (Wildman–Crippen LogP) is 3.15. The molecular weight excluding hydrogens is 281 g/mol. The molecule has 5 heteroatoms. The Morgan fingerprint density at radius 3 is 2.70 bits per heavy atom. The van der Waals surface area contributed by atoms with E-state index in [4.69, 9.17) is 16.7 Å². The quantitative estimate of drug-likeness (QED) is 0.910. The van der Waals surface area contributed by atoms with Gasteiger partial charge in [0.25, 0.3) is 0 Å². The van der Waals surface area contributed by atoms with Crippen molar-refractivity contribution in [3.8, 4) is 0 Å². The van der Waals surface area contributed by atoms with Crippen molar-refractivity contribution in [1.29, 1.82) is 0 Å². The van der Waals surface area contributed by atoms with Crippen LogP contribution in [0.5, 0.6) is 0 Å². The summed E-state index contributed by atoms with van der Waals surface area (Å²) >= 11 is 5.87. The molecule has 2 aromatic carbocycles. The van der Waals surface area contributed by atoms with E-state index in [-0.39, 0.29) is 29.5 Å². The topological polar surface area (TPSA) is 49.3 Å². The van der Waals surface area contributed by atoms with E-state index in [2.05, 4.69) is 5.32 Å². The third-order valence-electron chi connectivity index (χ3n) is 2.79. The molecule has 3 nitrogen and oxygen atoms in total. The van der Waals surface area contributed by atoms with Crippen LogP contribution in [0, 0.1) is 5.82 Å². The van der Waals surface area contributed by atoms with Gasteiger partial charge in [-0.05, 0) is 29.8 Å². The summed E-state index contributed by atoms with van der Waals surface area (Å²) in [6.07, 6.45) is -0.144. The molecule has 1 amide bonds. The van der Waals surface area contributed by atoms with Crippen LogP contribution in [-0.4, -0.2) is 11.0 Å². The Balaban J connectivity index is 2.09. The maximum Gasteiger partial charge on any atom is 0.228 e. The van der Waals surface area contributed by atoms with Crippen LogP contribution in [0.3, 0.4) is 0 Å². The number of halogens is 2. The van der Waals surface area contributed by atoms with Gasteiger partial charge in [-0.15, -0.1) is 0 Å². The van der Waals surface area contributed by atoms with E-state index >= 15 is 0 Å². The van der Waals surface area contributed by atoms with Gasteiger partial charge in [0.15, 0.2) is 0 Å². The van der Waals surface area contributed by atoms with Crippen molar-refractivity contribution in [2.24, 2.45) is 0 Å². The van der Waals surface area contributed by atoms with Gasteiger partial charge in [0.05, 0.1) is 13.0 Å². The number of nitrogens with one attached hydrogen (secondary N) is 1. The highest BCUT2D eigenvalue weighted by atomic mass is 35.5. The lowest BCUT2D eigenvalue weighted by Crippen LogP contribution is -2.15. The molecule has 0 saturated heterocycles.